The molecule has 0 aromatic heterocycles. The maximum atomic E-state index is 12.6. The van der Waals surface area contributed by atoms with E-state index in [1.54, 1.807) is 29.7 Å². The van der Waals surface area contributed by atoms with E-state index in [-0.39, 0.29) is 22.4 Å². The summed E-state index contributed by atoms with van der Waals surface area (Å²) in [5.41, 5.74) is 0.784. The zero-order valence-electron chi connectivity index (χ0n) is 12.9. The zero-order chi connectivity index (χ0) is 16.8. The molecule has 1 aromatic carbocycles. The summed E-state index contributed by atoms with van der Waals surface area (Å²) in [6, 6.07) is 4.04. The normalized spacial score (nSPS) is 26.3. The van der Waals surface area contributed by atoms with Crippen LogP contribution in [0.3, 0.4) is 0 Å². The molecule has 1 aromatic rings. The standard InChI is InChI=1S/C15H17N3O4S/c1-9-10(4-3-5-11(9)18(21)22)16-14(20)12-8-23-15(2)7-6-13(19)17(12)15/h3-5,12H,6-8H2,1-2H3,(H,16,20)/t12-,15+/m1/s1. The van der Waals surface area contributed by atoms with E-state index in [2.05, 4.69) is 5.32 Å². The molecule has 2 aliphatic heterocycles. The van der Waals surface area contributed by atoms with Crippen molar-refractivity contribution in [2.75, 3.05) is 11.1 Å². The average Bonchev–Trinajstić information content (AvgIpc) is 2.98. The summed E-state index contributed by atoms with van der Waals surface area (Å²) in [5.74, 6) is 0.246. The quantitative estimate of drug-likeness (QED) is 0.676. The minimum Gasteiger partial charge on any atom is -0.324 e. The van der Waals surface area contributed by atoms with Crippen LogP contribution in [0.15, 0.2) is 18.2 Å². The second-order valence-corrected chi connectivity index (χ2v) is 7.46. The van der Waals surface area contributed by atoms with Gasteiger partial charge in [0.15, 0.2) is 0 Å². The fraction of sp³-hybridized carbons (Fsp3) is 0.467. The van der Waals surface area contributed by atoms with E-state index in [0.717, 1.165) is 6.42 Å². The van der Waals surface area contributed by atoms with E-state index in [0.29, 0.717) is 23.4 Å². The van der Waals surface area contributed by atoms with Gasteiger partial charge in [0.2, 0.25) is 11.8 Å². The first-order chi connectivity index (χ1) is 10.8. The number of amides is 2. The van der Waals surface area contributed by atoms with E-state index in [1.165, 1.54) is 12.1 Å². The van der Waals surface area contributed by atoms with E-state index in [1.807, 2.05) is 6.92 Å². The zero-order valence-corrected chi connectivity index (χ0v) is 13.7. The van der Waals surface area contributed by atoms with Crippen LogP contribution in [0.2, 0.25) is 0 Å². The van der Waals surface area contributed by atoms with Gasteiger partial charge in [0, 0.05) is 18.2 Å². The van der Waals surface area contributed by atoms with Crippen molar-refractivity contribution in [1.82, 2.24) is 4.90 Å². The molecule has 2 atom stereocenters. The molecule has 3 rings (SSSR count). The van der Waals surface area contributed by atoms with Crippen molar-refractivity contribution in [3.05, 3.63) is 33.9 Å². The molecular formula is C15H17N3O4S. The number of nitro benzene ring substituents is 1. The maximum Gasteiger partial charge on any atom is 0.274 e. The molecule has 7 nitrogen and oxygen atoms in total. The van der Waals surface area contributed by atoms with E-state index < -0.39 is 11.0 Å². The number of hydrogen-bond donors (Lipinski definition) is 1. The molecule has 1 N–H and O–H groups in total. The minimum atomic E-state index is -0.529. The highest BCUT2D eigenvalue weighted by atomic mass is 32.2. The Balaban J connectivity index is 1.82. The third-order valence-corrected chi connectivity index (χ3v) is 6.01. The number of carbonyl (C=O) groups is 2. The summed E-state index contributed by atoms with van der Waals surface area (Å²) in [4.78, 5) is 36.5. The molecular weight excluding hydrogens is 318 g/mol. The number of nitro groups is 1. The van der Waals surface area contributed by atoms with Gasteiger partial charge in [0.1, 0.15) is 6.04 Å². The molecule has 2 heterocycles. The van der Waals surface area contributed by atoms with Gasteiger partial charge in [-0.2, -0.15) is 0 Å². The van der Waals surface area contributed by atoms with Crippen molar-refractivity contribution in [3.8, 4) is 0 Å². The number of thioether (sulfide) groups is 1. The van der Waals surface area contributed by atoms with Crippen LogP contribution in [0, 0.1) is 17.0 Å². The average molecular weight is 335 g/mol. The Morgan fingerprint density at radius 1 is 1.52 bits per heavy atom. The SMILES string of the molecule is Cc1c(NC(=O)[C@H]2CS[C@@]3(C)CCC(=O)N23)cccc1[N+](=O)[O-]. The predicted molar refractivity (Wildman–Crippen MR) is 87.2 cm³/mol. The van der Waals surface area contributed by atoms with Crippen molar-refractivity contribution in [2.24, 2.45) is 0 Å². The lowest BCUT2D eigenvalue weighted by molar-refractivity contribution is -0.385. The van der Waals surface area contributed by atoms with Gasteiger partial charge < -0.3 is 10.2 Å². The number of benzene rings is 1. The van der Waals surface area contributed by atoms with Gasteiger partial charge in [0.25, 0.3) is 5.69 Å². The van der Waals surface area contributed by atoms with Crippen molar-refractivity contribution in [3.63, 3.8) is 0 Å². The number of anilines is 1. The summed E-state index contributed by atoms with van der Waals surface area (Å²) in [5, 5.41) is 13.7. The van der Waals surface area contributed by atoms with Crippen LogP contribution in [0.1, 0.15) is 25.3 Å². The second-order valence-electron chi connectivity index (χ2n) is 5.96. The van der Waals surface area contributed by atoms with Crippen molar-refractivity contribution >= 4 is 35.0 Å². The third kappa shape index (κ3) is 2.56. The highest BCUT2D eigenvalue weighted by Crippen LogP contribution is 2.47. The lowest BCUT2D eigenvalue weighted by atomic mass is 10.1. The minimum absolute atomic E-state index is 0.00610. The van der Waals surface area contributed by atoms with Crippen molar-refractivity contribution in [2.45, 2.75) is 37.6 Å². The first kappa shape index (κ1) is 15.8. The van der Waals surface area contributed by atoms with Gasteiger partial charge in [-0.15, -0.1) is 11.8 Å². The summed E-state index contributed by atoms with van der Waals surface area (Å²) in [6.45, 7) is 3.58. The van der Waals surface area contributed by atoms with Crippen LogP contribution in [-0.4, -0.2) is 38.3 Å². The molecule has 0 radical (unpaired) electrons. The first-order valence-corrected chi connectivity index (χ1v) is 8.33. The molecule has 23 heavy (non-hydrogen) atoms. The molecule has 2 saturated heterocycles. The third-order valence-electron chi connectivity index (χ3n) is 4.51. The molecule has 0 saturated carbocycles. The van der Waals surface area contributed by atoms with Gasteiger partial charge in [-0.25, -0.2) is 0 Å². The monoisotopic (exact) mass is 335 g/mol. The topological polar surface area (TPSA) is 92.6 Å². The first-order valence-electron chi connectivity index (χ1n) is 7.34. The van der Waals surface area contributed by atoms with Crippen LogP contribution in [0.4, 0.5) is 11.4 Å². The highest BCUT2D eigenvalue weighted by molar-refractivity contribution is 8.01. The van der Waals surface area contributed by atoms with E-state index in [9.17, 15) is 19.7 Å². The molecule has 8 heteroatoms. The smallest absolute Gasteiger partial charge is 0.274 e. The Morgan fingerprint density at radius 3 is 2.96 bits per heavy atom. The summed E-state index contributed by atoms with van der Waals surface area (Å²) < 4.78 is 0. The second kappa shape index (κ2) is 5.52. The fourth-order valence-electron chi connectivity index (χ4n) is 3.19. The molecule has 0 unspecified atom stereocenters. The van der Waals surface area contributed by atoms with Crippen LogP contribution < -0.4 is 5.32 Å². The largest absolute Gasteiger partial charge is 0.324 e. The Hall–Kier alpha value is -2.09. The van der Waals surface area contributed by atoms with Crippen LogP contribution in [-0.2, 0) is 9.59 Å². The number of hydrogen-bond acceptors (Lipinski definition) is 5. The Kier molecular flexibility index (Phi) is 3.79. The Labute approximate surface area is 137 Å². The highest BCUT2D eigenvalue weighted by Gasteiger charge is 2.52. The molecule has 0 aliphatic carbocycles. The van der Waals surface area contributed by atoms with Crippen LogP contribution in [0.5, 0.6) is 0 Å². The van der Waals surface area contributed by atoms with Gasteiger partial charge in [-0.3, -0.25) is 19.7 Å². The molecule has 2 amide bonds. The fourth-order valence-corrected chi connectivity index (χ4v) is 4.62. The van der Waals surface area contributed by atoms with Gasteiger partial charge in [-0.1, -0.05) is 6.07 Å². The summed E-state index contributed by atoms with van der Waals surface area (Å²) >= 11 is 1.61. The summed E-state index contributed by atoms with van der Waals surface area (Å²) in [6.07, 6.45) is 1.21. The van der Waals surface area contributed by atoms with Gasteiger partial charge in [0.05, 0.1) is 21.0 Å². The molecule has 122 valence electrons. The summed E-state index contributed by atoms with van der Waals surface area (Å²) in [7, 11) is 0. The van der Waals surface area contributed by atoms with Crippen LogP contribution >= 0.6 is 11.8 Å². The maximum absolute atomic E-state index is 12.6. The van der Waals surface area contributed by atoms with E-state index >= 15 is 0 Å². The molecule has 2 aliphatic rings. The lowest BCUT2D eigenvalue weighted by Crippen LogP contribution is -2.48. The number of fused-ring (bicyclic) bond motifs is 1. The number of carbonyl (C=O) groups excluding carboxylic acids is 2. The molecule has 0 spiro atoms. The van der Waals surface area contributed by atoms with Crippen molar-refractivity contribution in [1.29, 1.82) is 0 Å². The Bertz CT molecular complexity index is 708. The van der Waals surface area contributed by atoms with Gasteiger partial charge in [-0.05, 0) is 26.3 Å². The number of rotatable bonds is 3. The number of nitrogens with zero attached hydrogens (tertiary/aromatic N) is 2. The lowest BCUT2D eigenvalue weighted by Gasteiger charge is -2.29. The predicted octanol–water partition coefficient (Wildman–Crippen LogP) is 2.30. The van der Waals surface area contributed by atoms with Gasteiger partial charge >= 0.3 is 0 Å². The Morgan fingerprint density at radius 2 is 2.26 bits per heavy atom. The molecule has 0 bridgehead atoms. The van der Waals surface area contributed by atoms with E-state index in [4.69, 9.17) is 0 Å². The van der Waals surface area contributed by atoms with Crippen LogP contribution in [0.25, 0.3) is 0 Å². The van der Waals surface area contributed by atoms with Crippen molar-refractivity contribution < 1.29 is 14.5 Å². The molecule has 2 fully saturated rings. The number of nitrogens with one attached hydrogen (secondary N) is 1.